The minimum atomic E-state index is 0.0472. The Morgan fingerprint density at radius 2 is 1.92 bits per heavy atom. The van der Waals surface area contributed by atoms with Gasteiger partial charge in [0.1, 0.15) is 11.5 Å². The van der Waals surface area contributed by atoms with Crippen LogP contribution < -0.4 is 4.90 Å². The molecule has 1 aromatic carbocycles. The molecule has 7 heteroatoms. The Kier molecular flexibility index (Phi) is 4.40. The number of benzene rings is 1. The van der Waals surface area contributed by atoms with Gasteiger partial charge in [-0.25, -0.2) is 4.98 Å². The van der Waals surface area contributed by atoms with Gasteiger partial charge in [-0.2, -0.15) is 0 Å². The van der Waals surface area contributed by atoms with Crippen molar-refractivity contribution in [3.63, 3.8) is 0 Å². The third-order valence-electron chi connectivity index (χ3n) is 4.85. The van der Waals surface area contributed by atoms with Gasteiger partial charge in [0.25, 0.3) is 5.91 Å². The number of anilines is 1. The summed E-state index contributed by atoms with van der Waals surface area (Å²) < 4.78 is 6.64. The van der Waals surface area contributed by atoms with Gasteiger partial charge in [0, 0.05) is 31.2 Å². The number of thiazole rings is 1. The number of hydrogen-bond acceptors (Lipinski definition) is 5. The fraction of sp³-hybridized carbons (Fsp3) is 0.368. The molecule has 0 saturated carbocycles. The van der Waals surface area contributed by atoms with Gasteiger partial charge in [-0.05, 0) is 44.5 Å². The van der Waals surface area contributed by atoms with Gasteiger partial charge in [0.15, 0.2) is 5.13 Å². The van der Waals surface area contributed by atoms with Gasteiger partial charge in [0.2, 0.25) is 0 Å². The highest BCUT2D eigenvalue weighted by Crippen LogP contribution is 2.34. The molecule has 26 heavy (non-hydrogen) atoms. The highest BCUT2D eigenvalue weighted by atomic mass is 35.5. The molecule has 2 aromatic heterocycles. The van der Waals surface area contributed by atoms with Crippen LogP contribution in [0.3, 0.4) is 0 Å². The van der Waals surface area contributed by atoms with E-state index >= 15 is 0 Å². The van der Waals surface area contributed by atoms with E-state index in [1.165, 1.54) is 0 Å². The molecule has 3 heterocycles. The smallest absolute Gasteiger partial charge is 0.257 e. The topological polar surface area (TPSA) is 49.6 Å². The zero-order chi connectivity index (χ0) is 18.4. The van der Waals surface area contributed by atoms with Crippen LogP contribution >= 0.6 is 22.9 Å². The van der Waals surface area contributed by atoms with Crippen molar-refractivity contribution in [2.45, 2.75) is 20.8 Å². The maximum Gasteiger partial charge on any atom is 0.257 e. The summed E-state index contributed by atoms with van der Waals surface area (Å²) in [6.45, 7) is 8.60. The molecule has 1 saturated heterocycles. The molecule has 0 spiro atoms. The summed E-state index contributed by atoms with van der Waals surface area (Å²) in [6.07, 6.45) is 0. The zero-order valence-electron chi connectivity index (χ0n) is 15.0. The highest BCUT2D eigenvalue weighted by molar-refractivity contribution is 7.22. The van der Waals surface area contributed by atoms with Gasteiger partial charge >= 0.3 is 0 Å². The number of amides is 1. The van der Waals surface area contributed by atoms with Gasteiger partial charge in [0.05, 0.1) is 15.8 Å². The Labute approximate surface area is 161 Å². The summed E-state index contributed by atoms with van der Waals surface area (Å²) in [5.74, 6) is 1.51. The number of carbonyl (C=O) groups excluding carboxylic acids is 1. The summed E-state index contributed by atoms with van der Waals surface area (Å²) in [5, 5.41) is 1.74. The normalized spacial score (nSPS) is 15.1. The van der Waals surface area contributed by atoms with E-state index in [-0.39, 0.29) is 5.91 Å². The monoisotopic (exact) mass is 389 g/mol. The molecule has 0 N–H and O–H groups in total. The largest absolute Gasteiger partial charge is 0.466 e. The van der Waals surface area contributed by atoms with Crippen molar-refractivity contribution in [1.29, 1.82) is 0 Å². The fourth-order valence-corrected chi connectivity index (χ4v) is 4.57. The lowest BCUT2D eigenvalue weighted by molar-refractivity contribution is 0.0745. The summed E-state index contributed by atoms with van der Waals surface area (Å²) in [4.78, 5) is 21.6. The molecular weight excluding hydrogens is 370 g/mol. The molecular formula is C19H20ClN3O2S. The molecule has 3 aromatic rings. The number of aromatic nitrogens is 1. The number of halogens is 1. The van der Waals surface area contributed by atoms with E-state index in [9.17, 15) is 4.79 Å². The highest BCUT2D eigenvalue weighted by Gasteiger charge is 2.26. The first kappa shape index (κ1) is 17.4. The van der Waals surface area contributed by atoms with Crippen molar-refractivity contribution in [1.82, 2.24) is 9.88 Å². The van der Waals surface area contributed by atoms with Crippen molar-refractivity contribution >= 4 is 44.2 Å². The van der Waals surface area contributed by atoms with Gasteiger partial charge in [-0.15, -0.1) is 0 Å². The SMILES string of the molecule is Cc1cc(C(=O)N2CCN(c3nc4c(C)c(Cl)ccc4s3)CC2)c(C)o1. The number of rotatable bonds is 2. The lowest BCUT2D eigenvalue weighted by Gasteiger charge is -2.34. The lowest BCUT2D eigenvalue weighted by atomic mass is 10.2. The van der Waals surface area contributed by atoms with Gasteiger partial charge in [-0.1, -0.05) is 22.9 Å². The first-order valence-corrected chi connectivity index (χ1v) is 9.80. The van der Waals surface area contributed by atoms with Crippen molar-refractivity contribution in [3.8, 4) is 0 Å². The average Bonchev–Trinajstić information content (AvgIpc) is 3.21. The number of aryl methyl sites for hydroxylation is 3. The Bertz CT molecular complexity index is 986. The summed E-state index contributed by atoms with van der Waals surface area (Å²) in [7, 11) is 0. The van der Waals surface area contributed by atoms with E-state index in [4.69, 9.17) is 21.0 Å². The van der Waals surface area contributed by atoms with Crippen LogP contribution in [0.4, 0.5) is 5.13 Å². The van der Waals surface area contributed by atoms with E-state index in [1.54, 1.807) is 11.3 Å². The Morgan fingerprint density at radius 1 is 1.19 bits per heavy atom. The second-order valence-electron chi connectivity index (χ2n) is 6.62. The van der Waals surface area contributed by atoms with E-state index < -0.39 is 0 Å². The van der Waals surface area contributed by atoms with Crippen LogP contribution in [0, 0.1) is 20.8 Å². The van der Waals surface area contributed by atoms with Crippen molar-refractivity contribution in [3.05, 3.63) is 45.9 Å². The van der Waals surface area contributed by atoms with Crippen LogP contribution in [0.1, 0.15) is 27.4 Å². The van der Waals surface area contributed by atoms with Crippen molar-refractivity contribution < 1.29 is 9.21 Å². The first-order chi connectivity index (χ1) is 12.4. The molecule has 4 rings (SSSR count). The zero-order valence-corrected chi connectivity index (χ0v) is 16.6. The number of nitrogens with zero attached hydrogens (tertiary/aromatic N) is 3. The number of hydrogen-bond donors (Lipinski definition) is 0. The molecule has 0 radical (unpaired) electrons. The summed E-state index contributed by atoms with van der Waals surface area (Å²) >= 11 is 7.88. The van der Waals surface area contributed by atoms with Gasteiger partial charge < -0.3 is 14.2 Å². The maximum atomic E-state index is 12.7. The van der Waals surface area contributed by atoms with Crippen LogP contribution in [-0.4, -0.2) is 42.0 Å². The Balaban J connectivity index is 1.49. The molecule has 1 aliphatic heterocycles. The average molecular weight is 390 g/mol. The van der Waals surface area contributed by atoms with Crippen LogP contribution in [-0.2, 0) is 0 Å². The molecule has 1 amide bonds. The standard InChI is InChI=1S/C19H20ClN3O2S/c1-11-10-14(13(3)25-11)18(24)22-6-8-23(9-7-22)19-21-17-12(2)15(20)4-5-16(17)26-19/h4-5,10H,6-9H2,1-3H3. The van der Waals surface area contributed by atoms with E-state index in [0.717, 1.165) is 44.8 Å². The molecule has 1 aliphatic rings. The molecule has 0 unspecified atom stereocenters. The van der Waals surface area contributed by atoms with Crippen molar-refractivity contribution in [2.75, 3.05) is 31.1 Å². The minimum absolute atomic E-state index is 0.0472. The van der Waals surface area contributed by atoms with Crippen LogP contribution in [0.5, 0.6) is 0 Å². The second-order valence-corrected chi connectivity index (χ2v) is 8.04. The molecule has 0 bridgehead atoms. The lowest BCUT2D eigenvalue weighted by Crippen LogP contribution is -2.48. The third-order valence-corrected chi connectivity index (χ3v) is 6.34. The number of carbonyl (C=O) groups is 1. The van der Waals surface area contributed by atoms with Crippen LogP contribution in [0.15, 0.2) is 22.6 Å². The molecule has 0 aliphatic carbocycles. The van der Waals surface area contributed by atoms with E-state index in [2.05, 4.69) is 4.90 Å². The fourth-order valence-electron chi connectivity index (χ4n) is 3.34. The molecule has 5 nitrogen and oxygen atoms in total. The van der Waals surface area contributed by atoms with E-state index in [1.807, 2.05) is 43.9 Å². The second kappa shape index (κ2) is 6.59. The number of piperazine rings is 1. The summed E-state index contributed by atoms with van der Waals surface area (Å²) in [5.41, 5.74) is 2.66. The molecule has 0 atom stereocenters. The summed E-state index contributed by atoms with van der Waals surface area (Å²) in [6, 6.07) is 5.77. The predicted molar refractivity (Wildman–Crippen MR) is 106 cm³/mol. The quantitative estimate of drug-likeness (QED) is 0.650. The first-order valence-electron chi connectivity index (χ1n) is 8.61. The Morgan fingerprint density at radius 3 is 2.58 bits per heavy atom. The third kappa shape index (κ3) is 2.97. The molecule has 136 valence electrons. The predicted octanol–water partition coefficient (Wildman–Crippen LogP) is 4.43. The van der Waals surface area contributed by atoms with Crippen LogP contribution in [0.25, 0.3) is 10.2 Å². The van der Waals surface area contributed by atoms with Crippen molar-refractivity contribution in [2.24, 2.45) is 0 Å². The van der Waals surface area contributed by atoms with Gasteiger partial charge in [-0.3, -0.25) is 4.79 Å². The molecule has 1 fully saturated rings. The maximum absolute atomic E-state index is 12.7. The van der Waals surface area contributed by atoms with Crippen LogP contribution in [0.2, 0.25) is 5.02 Å². The number of furan rings is 1. The minimum Gasteiger partial charge on any atom is -0.466 e. The number of fused-ring (bicyclic) bond motifs is 1. The Hall–Kier alpha value is -2.05. The van der Waals surface area contributed by atoms with E-state index in [0.29, 0.717) is 24.4 Å².